The van der Waals surface area contributed by atoms with E-state index in [9.17, 15) is 20.1 Å². The van der Waals surface area contributed by atoms with E-state index in [2.05, 4.69) is 25.5 Å². The zero-order chi connectivity index (χ0) is 17.6. The molecule has 0 saturated heterocycles. The molecule has 0 saturated carbocycles. The molecular formula is C15H30O6Si. The SMILES string of the molecule is CCOC(=O)/C=C/[C@@H](O)[C@H](O)[C@H](O)CO[Si](C)(C)C(C)(C)C. The fourth-order valence-electron chi connectivity index (χ4n) is 1.32. The van der Waals surface area contributed by atoms with E-state index in [1.165, 1.54) is 0 Å². The number of ether oxygens (including phenoxy) is 1. The predicted molar refractivity (Wildman–Crippen MR) is 86.9 cm³/mol. The molecule has 0 bridgehead atoms. The number of carbonyl (C=O) groups is 1. The molecule has 0 aromatic rings. The molecule has 3 atom stereocenters. The van der Waals surface area contributed by atoms with E-state index in [-0.39, 0.29) is 18.3 Å². The first kappa shape index (κ1) is 21.3. The quantitative estimate of drug-likeness (QED) is 0.351. The van der Waals surface area contributed by atoms with Gasteiger partial charge < -0.3 is 24.5 Å². The third-order valence-corrected chi connectivity index (χ3v) is 8.38. The van der Waals surface area contributed by atoms with Crippen molar-refractivity contribution in [3.05, 3.63) is 12.2 Å². The third-order valence-electron chi connectivity index (χ3n) is 3.88. The molecule has 0 spiro atoms. The number of carbonyl (C=O) groups excluding carboxylic acids is 1. The molecule has 130 valence electrons. The Bertz CT molecular complexity index is 375. The van der Waals surface area contributed by atoms with Gasteiger partial charge >= 0.3 is 5.97 Å². The highest BCUT2D eigenvalue weighted by atomic mass is 28.4. The molecule has 3 N–H and O–H groups in total. The smallest absolute Gasteiger partial charge is 0.330 e. The minimum Gasteiger partial charge on any atom is -0.463 e. The van der Waals surface area contributed by atoms with Crippen LogP contribution < -0.4 is 0 Å². The molecule has 0 aromatic heterocycles. The van der Waals surface area contributed by atoms with Crippen LogP contribution in [-0.2, 0) is 14.0 Å². The predicted octanol–water partition coefficient (Wildman–Crippen LogP) is 1.21. The second kappa shape index (κ2) is 8.78. The maximum absolute atomic E-state index is 11.1. The van der Waals surface area contributed by atoms with E-state index in [4.69, 9.17) is 4.43 Å². The number of rotatable bonds is 8. The number of hydrogen-bond acceptors (Lipinski definition) is 6. The van der Waals surface area contributed by atoms with Crippen LogP contribution in [0.25, 0.3) is 0 Å². The molecule has 0 rings (SSSR count). The van der Waals surface area contributed by atoms with Crippen molar-refractivity contribution in [2.75, 3.05) is 13.2 Å². The van der Waals surface area contributed by atoms with E-state index < -0.39 is 32.6 Å². The molecule has 22 heavy (non-hydrogen) atoms. The van der Waals surface area contributed by atoms with Crippen LogP contribution in [0.4, 0.5) is 0 Å². The topological polar surface area (TPSA) is 96.2 Å². The fraction of sp³-hybridized carbons (Fsp3) is 0.800. The maximum Gasteiger partial charge on any atom is 0.330 e. The molecule has 7 heteroatoms. The molecule has 0 fully saturated rings. The molecular weight excluding hydrogens is 304 g/mol. The summed E-state index contributed by atoms with van der Waals surface area (Å²) in [5, 5.41) is 29.5. The highest BCUT2D eigenvalue weighted by Crippen LogP contribution is 2.36. The Morgan fingerprint density at radius 3 is 2.23 bits per heavy atom. The van der Waals surface area contributed by atoms with Gasteiger partial charge in [0.05, 0.1) is 13.2 Å². The number of hydrogen-bond donors (Lipinski definition) is 3. The van der Waals surface area contributed by atoms with Crippen LogP contribution >= 0.6 is 0 Å². The van der Waals surface area contributed by atoms with Gasteiger partial charge in [-0.25, -0.2) is 4.79 Å². The standard InChI is InChI=1S/C15H30O6Si/c1-7-20-13(18)9-8-11(16)14(19)12(17)10-21-22(5,6)15(2,3)4/h8-9,11-12,14,16-17,19H,7,10H2,1-6H3/b9-8+/t11-,12-,14+/m1/s1. The summed E-state index contributed by atoms with van der Waals surface area (Å²) in [6.45, 7) is 12.1. The first-order valence-corrected chi connectivity index (χ1v) is 10.4. The summed E-state index contributed by atoms with van der Waals surface area (Å²) in [5.41, 5.74) is 0. The minimum atomic E-state index is -2.04. The van der Waals surface area contributed by atoms with E-state index in [1.54, 1.807) is 6.92 Å². The van der Waals surface area contributed by atoms with Gasteiger partial charge in [0.25, 0.3) is 0 Å². The van der Waals surface area contributed by atoms with Gasteiger partial charge in [0.1, 0.15) is 18.3 Å². The van der Waals surface area contributed by atoms with Crippen LogP contribution in [0.2, 0.25) is 18.1 Å². The average molecular weight is 334 g/mol. The third kappa shape index (κ3) is 7.02. The molecule has 0 radical (unpaired) electrons. The van der Waals surface area contributed by atoms with Crippen molar-refractivity contribution in [3.8, 4) is 0 Å². The van der Waals surface area contributed by atoms with Crippen molar-refractivity contribution >= 4 is 14.3 Å². The van der Waals surface area contributed by atoms with Gasteiger partial charge in [-0.1, -0.05) is 20.8 Å². The normalized spacial score (nSPS) is 17.3. The highest BCUT2D eigenvalue weighted by Gasteiger charge is 2.38. The molecule has 0 aliphatic rings. The number of aliphatic hydroxyl groups excluding tert-OH is 3. The molecule has 0 aliphatic heterocycles. The van der Waals surface area contributed by atoms with E-state index in [1.807, 2.05) is 13.1 Å². The van der Waals surface area contributed by atoms with Crippen molar-refractivity contribution in [3.63, 3.8) is 0 Å². The molecule has 0 unspecified atom stereocenters. The first-order chi connectivity index (χ1) is 9.92. The second-order valence-corrected chi connectivity index (χ2v) is 11.5. The van der Waals surface area contributed by atoms with Gasteiger partial charge in [-0.15, -0.1) is 0 Å². The van der Waals surface area contributed by atoms with Crippen LogP contribution in [-0.4, -0.2) is 61.1 Å². The van der Waals surface area contributed by atoms with Crippen molar-refractivity contribution in [1.29, 1.82) is 0 Å². The summed E-state index contributed by atoms with van der Waals surface area (Å²) < 4.78 is 10.5. The van der Waals surface area contributed by atoms with Gasteiger partial charge in [0.2, 0.25) is 0 Å². The van der Waals surface area contributed by atoms with Crippen LogP contribution in [0.1, 0.15) is 27.7 Å². The van der Waals surface area contributed by atoms with E-state index in [0.717, 1.165) is 12.2 Å². The maximum atomic E-state index is 11.1. The van der Waals surface area contributed by atoms with Gasteiger partial charge in [-0.3, -0.25) is 0 Å². The Labute approximate surface area is 133 Å². The Balaban J connectivity index is 4.48. The fourth-order valence-corrected chi connectivity index (χ4v) is 2.34. The van der Waals surface area contributed by atoms with Gasteiger partial charge in [0, 0.05) is 6.08 Å². The van der Waals surface area contributed by atoms with Crippen LogP contribution in [0, 0.1) is 0 Å². The summed E-state index contributed by atoms with van der Waals surface area (Å²) in [7, 11) is -2.04. The van der Waals surface area contributed by atoms with Crippen LogP contribution in [0.3, 0.4) is 0 Å². The zero-order valence-corrected chi connectivity index (χ0v) is 15.4. The van der Waals surface area contributed by atoms with Crippen molar-refractivity contribution in [1.82, 2.24) is 0 Å². The summed E-state index contributed by atoms with van der Waals surface area (Å²) in [5.74, 6) is -0.610. The molecule has 0 aromatic carbocycles. The molecule has 0 amide bonds. The lowest BCUT2D eigenvalue weighted by Gasteiger charge is -2.37. The average Bonchev–Trinajstić information content (AvgIpc) is 2.40. The Kier molecular flexibility index (Phi) is 8.49. The van der Waals surface area contributed by atoms with Gasteiger partial charge in [0.15, 0.2) is 8.32 Å². The summed E-state index contributed by atoms with van der Waals surface area (Å²) in [4.78, 5) is 11.1. The molecule has 0 heterocycles. The van der Waals surface area contributed by atoms with Crippen molar-refractivity contribution in [2.24, 2.45) is 0 Å². The largest absolute Gasteiger partial charge is 0.463 e. The lowest BCUT2D eigenvalue weighted by molar-refractivity contribution is -0.137. The number of aliphatic hydroxyl groups is 3. The zero-order valence-electron chi connectivity index (χ0n) is 14.4. The summed E-state index contributed by atoms with van der Waals surface area (Å²) in [6.07, 6.45) is -1.93. The Morgan fingerprint density at radius 2 is 1.77 bits per heavy atom. The first-order valence-electron chi connectivity index (χ1n) is 7.45. The number of esters is 1. The second-order valence-electron chi connectivity index (χ2n) is 6.73. The van der Waals surface area contributed by atoms with Gasteiger partial charge in [-0.05, 0) is 31.1 Å². The van der Waals surface area contributed by atoms with Crippen molar-refractivity contribution in [2.45, 2.75) is 64.1 Å². The minimum absolute atomic E-state index is 0.0138. The highest BCUT2D eigenvalue weighted by molar-refractivity contribution is 6.74. The van der Waals surface area contributed by atoms with Crippen molar-refractivity contribution < 1.29 is 29.3 Å². The molecule has 0 aliphatic carbocycles. The Morgan fingerprint density at radius 1 is 1.23 bits per heavy atom. The summed E-state index contributed by atoms with van der Waals surface area (Å²) >= 11 is 0. The van der Waals surface area contributed by atoms with E-state index in [0.29, 0.717) is 0 Å². The van der Waals surface area contributed by atoms with E-state index >= 15 is 0 Å². The lowest BCUT2D eigenvalue weighted by Crippen LogP contribution is -2.46. The van der Waals surface area contributed by atoms with Gasteiger partial charge in [-0.2, -0.15) is 0 Å². The Hall–Kier alpha value is -0.733. The van der Waals surface area contributed by atoms with Crippen LogP contribution in [0.15, 0.2) is 12.2 Å². The summed E-state index contributed by atoms with van der Waals surface area (Å²) in [6, 6.07) is 0. The monoisotopic (exact) mass is 334 g/mol. The van der Waals surface area contributed by atoms with Crippen LogP contribution in [0.5, 0.6) is 0 Å². The lowest BCUT2D eigenvalue weighted by atomic mass is 10.1. The molecule has 6 nitrogen and oxygen atoms in total.